The number of carbonyl (C=O) groups is 2. The average molecular weight is 270 g/mol. The topological polar surface area (TPSA) is 52.6 Å². The van der Waals surface area contributed by atoms with Gasteiger partial charge in [0.15, 0.2) is 5.78 Å². The lowest BCUT2D eigenvalue weighted by Crippen LogP contribution is -2.10. The highest BCUT2D eigenvalue weighted by Crippen LogP contribution is 2.16. The normalized spacial score (nSPS) is 9.85. The van der Waals surface area contributed by atoms with Crippen LogP contribution in [0.3, 0.4) is 0 Å². The first-order chi connectivity index (χ1) is 9.70. The summed E-state index contributed by atoms with van der Waals surface area (Å²) in [4.78, 5) is 23.3. The van der Waals surface area contributed by atoms with Gasteiger partial charge < -0.3 is 9.47 Å². The second-order valence-electron chi connectivity index (χ2n) is 4.00. The van der Waals surface area contributed by atoms with Gasteiger partial charge >= 0.3 is 6.16 Å². The molecule has 0 saturated heterocycles. The fraction of sp³-hybridized carbons (Fsp3) is 0.125. The zero-order valence-corrected chi connectivity index (χ0v) is 11.0. The second kappa shape index (κ2) is 6.52. The minimum absolute atomic E-state index is 0.0757. The molecule has 20 heavy (non-hydrogen) atoms. The minimum atomic E-state index is -0.755. The average Bonchev–Trinajstić information content (AvgIpc) is 2.48. The number of ketones is 1. The molecule has 2 rings (SSSR count). The Morgan fingerprint density at radius 3 is 2.10 bits per heavy atom. The molecule has 2 aromatic carbocycles. The molecule has 0 aliphatic rings. The van der Waals surface area contributed by atoms with Gasteiger partial charge in [-0.1, -0.05) is 30.3 Å². The Balaban J connectivity index is 2.08. The number of carbonyl (C=O) groups excluding carboxylic acids is 2. The van der Waals surface area contributed by atoms with Crippen LogP contribution in [0.2, 0.25) is 0 Å². The molecule has 102 valence electrons. The van der Waals surface area contributed by atoms with Crippen molar-refractivity contribution in [2.45, 2.75) is 6.92 Å². The summed E-state index contributed by atoms with van der Waals surface area (Å²) in [6, 6.07) is 15.3. The third-order valence-electron chi connectivity index (χ3n) is 2.62. The van der Waals surface area contributed by atoms with E-state index in [4.69, 9.17) is 4.74 Å². The largest absolute Gasteiger partial charge is 0.513 e. The van der Waals surface area contributed by atoms with Crippen molar-refractivity contribution in [3.63, 3.8) is 0 Å². The predicted molar refractivity (Wildman–Crippen MR) is 74.0 cm³/mol. The van der Waals surface area contributed by atoms with Crippen molar-refractivity contribution in [1.82, 2.24) is 0 Å². The quantitative estimate of drug-likeness (QED) is 0.485. The Morgan fingerprint density at radius 2 is 1.50 bits per heavy atom. The van der Waals surface area contributed by atoms with E-state index in [0.717, 1.165) is 0 Å². The Morgan fingerprint density at radius 1 is 0.900 bits per heavy atom. The third-order valence-corrected chi connectivity index (χ3v) is 2.62. The molecule has 0 radical (unpaired) electrons. The molecule has 0 N–H and O–H groups in total. The van der Waals surface area contributed by atoms with Crippen molar-refractivity contribution in [3.05, 3.63) is 65.7 Å². The summed E-state index contributed by atoms with van der Waals surface area (Å²) in [5.74, 6) is 0.265. The van der Waals surface area contributed by atoms with E-state index in [-0.39, 0.29) is 12.4 Å². The molecule has 0 aliphatic carbocycles. The van der Waals surface area contributed by atoms with Crippen molar-refractivity contribution in [3.8, 4) is 5.75 Å². The monoisotopic (exact) mass is 270 g/mol. The van der Waals surface area contributed by atoms with E-state index in [1.807, 2.05) is 18.2 Å². The molecular formula is C16H14O4. The molecule has 0 atom stereocenters. The number of ether oxygens (including phenoxy) is 2. The van der Waals surface area contributed by atoms with Crippen molar-refractivity contribution < 1.29 is 19.1 Å². The van der Waals surface area contributed by atoms with Crippen LogP contribution >= 0.6 is 0 Å². The van der Waals surface area contributed by atoms with E-state index >= 15 is 0 Å². The van der Waals surface area contributed by atoms with E-state index in [1.165, 1.54) is 0 Å². The van der Waals surface area contributed by atoms with Crippen LogP contribution in [-0.4, -0.2) is 18.5 Å². The standard InChI is InChI=1S/C16H14O4/c1-2-19-16(18)20-14-10-8-13(9-11-14)15(17)12-6-4-3-5-7-12/h3-11H,2H2,1H3. The van der Waals surface area contributed by atoms with E-state index in [9.17, 15) is 9.59 Å². The van der Waals surface area contributed by atoms with Gasteiger partial charge in [-0.3, -0.25) is 4.79 Å². The van der Waals surface area contributed by atoms with Crippen LogP contribution < -0.4 is 4.74 Å². The van der Waals surface area contributed by atoms with Crippen molar-refractivity contribution >= 4 is 11.9 Å². The van der Waals surface area contributed by atoms with Crippen LogP contribution in [0.25, 0.3) is 0 Å². The first-order valence-corrected chi connectivity index (χ1v) is 6.25. The molecule has 0 spiro atoms. The zero-order chi connectivity index (χ0) is 14.4. The van der Waals surface area contributed by atoms with Crippen molar-refractivity contribution in [2.75, 3.05) is 6.61 Å². The first kappa shape index (κ1) is 13.8. The fourth-order valence-corrected chi connectivity index (χ4v) is 1.67. The Hall–Kier alpha value is -2.62. The highest BCUT2D eigenvalue weighted by atomic mass is 16.7. The van der Waals surface area contributed by atoms with Crippen LogP contribution in [-0.2, 0) is 4.74 Å². The second-order valence-corrected chi connectivity index (χ2v) is 4.00. The molecule has 0 amide bonds. The van der Waals surface area contributed by atoms with Gasteiger partial charge in [0.05, 0.1) is 6.61 Å². The van der Waals surface area contributed by atoms with Crippen LogP contribution in [0, 0.1) is 0 Å². The van der Waals surface area contributed by atoms with Gasteiger partial charge in [0.25, 0.3) is 0 Å². The van der Waals surface area contributed by atoms with Crippen molar-refractivity contribution in [1.29, 1.82) is 0 Å². The van der Waals surface area contributed by atoms with Crippen LogP contribution in [0.1, 0.15) is 22.8 Å². The number of rotatable bonds is 4. The lowest BCUT2D eigenvalue weighted by Gasteiger charge is -2.05. The van der Waals surface area contributed by atoms with Gasteiger partial charge in [0, 0.05) is 11.1 Å². The highest BCUT2D eigenvalue weighted by molar-refractivity contribution is 6.08. The summed E-state index contributed by atoms with van der Waals surface area (Å²) < 4.78 is 9.59. The van der Waals surface area contributed by atoms with E-state index in [1.54, 1.807) is 43.3 Å². The maximum absolute atomic E-state index is 12.1. The summed E-state index contributed by atoms with van der Waals surface area (Å²) in [6.07, 6.45) is -0.755. The Kier molecular flexibility index (Phi) is 4.50. The lowest BCUT2D eigenvalue weighted by molar-refractivity contribution is 0.103. The SMILES string of the molecule is CCOC(=O)Oc1ccc(C(=O)c2ccccc2)cc1. The molecule has 0 fully saturated rings. The Labute approximate surface area is 116 Å². The molecule has 0 unspecified atom stereocenters. The number of hydrogen-bond donors (Lipinski definition) is 0. The fourth-order valence-electron chi connectivity index (χ4n) is 1.67. The first-order valence-electron chi connectivity index (χ1n) is 6.25. The van der Waals surface area contributed by atoms with Crippen LogP contribution in [0.15, 0.2) is 54.6 Å². The van der Waals surface area contributed by atoms with Gasteiger partial charge in [0.2, 0.25) is 0 Å². The summed E-state index contributed by atoms with van der Waals surface area (Å²) in [5.41, 5.74) is 1.15. The minimum Gasteiger partial charge on any atom is -0.434 e. The molecule has 4 heteroatoms. The van der Waals surface area contributed by atoms with E-state index in [0.29, 0.717) is 16.9 Å². The summed E-state index contributed by atoms with van der Waals surface area (Å²) in [7, 11) is 0. The highest BCUT2D eigenvalue weighted by Gasteiger charge is 2.09. The molecular weight excluding hydrogens is 256 g/mol. The lowest BCUT2D eigenvalue weighted by atomic mass is 10.0. The molecule has 0 aliphatic heterocycles. The Bertz CT molecular complexity index is 588. The molecule has 4 nitrogen and oxygen atoms in total. The van der Waals surface area contributed by atoms with Gasteiger partial charge in [-0.25, -0.2) is 4.79 Å². The third kappa shape index (κ3) is 3.45. The molecule has 0 saturated carbocycles. The van der Waals surface area contributed by atoms with Crippen LogP contribution in [0.5, 0.6) is 5.75 Å². The zero-order valence-electron chi connectivity index (χ0n) is 11.0. The number of hydrogen-bond acceptors (Lipinski definition) is 4. The van der Waals surface area contributed by atoms with Gasteiger partial charge in [-0.05, 0) is 31.2 Å². The summed E-state index contributed by atoms with van der Waals surface area (Å²) in [6.45, 7) is 1.95. The molecule has 0 heterocycles. The maximum atomic E-state index is 12.1. The van der Waals surface area contributed by atoms with Gasteiger partial charge in [-0.15, -0.1) is 0 Å². The molecule has 0 bridgehead atoms. The van der Waals surface area contributed by atoms with Crippen LogP contribution in [0.4, 0.5) is 4.79 Å². The predicted octanol–water partition coefficient (Wildman–Crippen LogP) is 3.45. The molecule has 0 aromatic heterocycles. The molecule has 2 aromatic rings. The van der Waals surface area contributed by atoms with E-state index < -0.39 is 6.16 Å². The smallest absolute Gasteiger partial charge is 0.434 e. The van der Waals surface area contributed by atoms with Crippen molar-refractivity contribution in [2.24, 2.45) is 0 Å². The summed E-state index contributed by atoms with van der Waals surface area (Å²) in [5, 5.41) is 0. The van der Waals surface area contributed by atoms with Gasteiger partial charge in [-0.2, -0.15) is 0 Å². The number of benzene rings is 2. The van der Waals surface area contributed by atoms with E-state index in [2.05, 4.69) is 4.74 Å². The summed E-state index contributed by atoms with van der Waals surface area (Å²) >= 11 is 0. The van der Waals surface area contributed by atoms with Gasteiger partial charge in [0.1, 0.15) is 5.75 Å². The maximum Gasteiger partial charge on any atom is 0.513 e.